The fourth-order valence-electron chi connectivity index (χ4n) is 2.21. The quantitative estimate of drug-likeness (QED) is 0.323. The van der Waals surface area contributed by atoms with E-state index in [1.165, 1.54) is 0 Å². The van der Waals surface area contributed by atoms with Crippen LogP contribution in [0, 0.1) is 6.92 Å². The number of aromatic nitrogens is 2. The van der Waals surface area contributed by atoms with E-state index in [4.69, 9.17) is 10.9 Å². The minimum atomic E-state index is 0.0879. The van der Waals surface area contributed by atoms with Crippen LogP contribution in [0.4, 0.5) is 0 Å². The van der Waals surface area contributed by atoms with Crippen molar-refractivity contribution >= 4 is 11.5 Å². The van der Waals surface area contributed by atoms with E-state index in [1.807, 2.05) is 53.9 Å². The topological polar surface area (TPSA) is 75.9 Å². The lowest BCUT2D eigenvalue weighted by Crippen LogP contribution is -2.14. The second-order valence-corrected chi connectivity index (χ2v) is 4.62. The average molecular weight is 266 g/mol. The lowest BCUT2D eigenvalue weighted by molar-refractivity contribution is 0.318. The van der Waals surface area contributed by atoms with Gasteiger partial charge in [0.1, 0.15) is 5.65 Å². The number of rotatable bonds is 2. The summed E-state index contributed by atoms with van der Waals surface area (Å²) in [4.78, 5) is 4.63. The Kier molecular flexibility index (Phi) is 2.87. The number of pyridine rings is 1. The third-order valence-corrected chi connectivity index (χ3v) is 3.21. The average Bonchev–Trinajstić information content (AvgIpc) is 2.92. The van der Waals surface area contributed by atoms with Crippen molar-refractivity contribution in [3.8, 4) is 11.3 Å². The van der Waals surface area contributed by atoms with Crippen LogP contribution in [0.1, 0.15) is 11.1 Å². The molecule has 1 aromatic carbocycles. The van der Waals surface area contributed by atoms with Gasteiger partial charge in [0, 0.05) is 23.5 Å². The lowest BCUT2D eigenvalue weighted by atomic mass is 10.2. The standard InChI is InChI=1S/C15H14N4O/c1-10-7-12(14(16)18-20)8-19-9-13(17-15(10)19)11-5-3-2-4-6-11/h2-9,20H,1H3,(H2,16,18). The maximum atomic E-state index is 8.77. The number of imidazole rings is 1. The van der Waals surface area contributed by atoms with Crippen LogP contribution < -0.4 is 5.73 Å². The van der Waals surface area contributed by atoms with Crippen molar-refractivity contribution in [2.24, 2.45) is 10.9 Å². The summed E-state index contributed by atoms with van der Waals surface area (Å²) in [6, 6.07) is 11.8. The fraction of sp³-hybridized carbons (Fsp3) is 0.0667. The third kappa shape index (κ3) is 1.99. The summed E-state index contributed by atoms with van der Waals surface area (Å²) in [6.45, 7) is 1.95. The number of oxime groups is 1. The summed E-state index contributed by atoms with van der Waals surface area (Å²) in [5.74, 6) is 0.0879. The van der Waals surface area contributed by atoms with Gasteiger partial charge in [0.2, 0.25) is 0 Å². The van der Waals surface area contributed by atoms with Crippen LogP contribution in [0.15, 0.2) is 53.9 Å². The number of nitrogens with zero attached hydrogens (tertiary/aromatic N) is 3. The molecule has 0 aliphatic rings. The molecule has 5 nitrogen and oxygen atoms in total. The van der Waals surface area contributed by atoms with Gasteiger partial charge in [-0.05, 0) is 18.6 Å². The molecule has 20 heavy (non-hydrogen) atoms. The Hall–Kier alpha value is -2.82. The first-order valence-electron chi connectivity index (χ1n) is 6.21. The van der Waals surface area contributed by atoms with Crippen molar-refractivity contribution in [3.63, 3.8) is 0 Å². The molecular formula is C15H14N4O. The SMILES string of the molecule is Cc1cc(/C(N)=N/O)cn2cc(-c3ccccc3)nc12. The van der Waals surface area contributed by atoms with Crippen LogP contribution in [0.5, 0.6) is 0 Å². The van der Waals surface area contributed by atoms with Crippen LogP contribution in [-0.4, -0.2) is 20.4 Å². The molecule has 2 aromatic heterocycles. The van der Waals surface area contributed by atoms with Gasteiger partial charge in [-0.15, -0.1) is 0 Å². The summed E-state index contributed by atoms with van der Waals surface area (Å²) in [6.07, 6.45) is 3.74. The Morgan fingerprint density at radius 3 is 2.70 bits per heavy atom. The Morgan fingerprint density at radius 2 is 2.00 bits per heavy atom. The van der Waals surface area contributed by atoms with E-state index in [1.54, 1.807) is 6.20 Å². The first-order chi connectivity index (χ1) is 9.69. The molecule has 2 heterocycles. The summed E-state index contributed by atoms with van der Waals surface area (Å²) < 4.78 is 1.89. The zero-order chi connectivity index (χ0) is 14.1. The molecule has 0 aliphatic carbocycles. The number of hydrogen-bond acceptors (Lipinski definition) is 3. The van der Waals surface area contributed by atoms with Gasteiger partial charge >= 0.3 is 0 Å². The molecule has 5 heteroatoms. The van der Waals surface area contributed by atoms with Crippen LogP contribution >= 0.6 is 0 Å². The number of nitrogens with two attached hydrogens (primary N) is 1. The zero-order valence-corrected chi connectivity index (χ0v) is 11.0. The largest absolute Gasteiger partial charge is 0.409 e. The van der Waals surface area contributed by atoms with Gasteiger partial charge < -0.3 is 15.3 Å². The zero-order valence-electron chi connectivity index (χ0n) is 11.0. The van der Waals surface area contributed by atoms with Crippen molar-refractivity contribution < 1.29 is 5.21 Å². The van der Waals surface area contributed by atoms with Gasteiger partial charge in [0.15, 0.2) is 5.84 Å². The van der Waals surface area contributed by atoms with E-state index in [-0.39, 0.29) is 5.84 Å². The molecule has 0 amide bonds. The van der Waals surface area contributed by atoms with Crippen LogP contribution in [0.2, 0.25) is 0 Å². The molecule has 0 radical (unpaired) electrons. The molecule has 0 aliphatic heterocycles. The number of fused-ring (bicyclic) bond motifs is 1. The van der Waals surface area contributed by atoms with Gasteiger partial charge in [-0.25, -0.2) is 4.98 Å². The Morgan fingerprint density at radius 1 is 1.25 bits per heavy atom. The number of hydrogen-bond donors (Lipinski definition) is 2. The molecule has 0 saturated carbocycles. The van der Waals surface area contributed by atoms with Gasteiger partial charge in [-0.1, -0.05) is 35.5 Å². The Labute approximate surface area is 116 Å². The minimum absolute atomic E-state index is 0.0879. The van der Waals surface area contributed by atoms with Crippen LogP contribution in [0.3, 0.4) is 0 Å². The molecule has 0 spiro atoms. The van der Waals surface area contributed by atoms with E-state index >= 15 is 0 Å². The van der Waals surface area contributed by atoms with E-state index in [2.05, 4.69) is 10.1 Å². The van der Waals surface area contributed by atoms with Gasteiger partial charge in [0.05, 0.1) is 5.69 Å². The molecule has 3 rings (SSSR count). The van der Waals surface area contributed by atoms with Crippen molar-refractivity contribution in [3.05, 3.63) is 59.9 Å². The third-order valence-electron chi connectivity index (χ3n) is 3.21. The first kappa shape index (κ1) is 12.2. The maximum Gasteiger partial charge on any atom is 0.171 e. The monoisotopic (exact) mass is 266 g/mol. The predicted octanol–water partition coefficient (Wildman–Crippen LogP) is 2.40. The van der Waals surface area contributed by atoms with Gasteiger partial charge in [0.25, 0.3) is 0 Å². The first-order valence-corrected chi connectivity index (χ1v) is 6.21. The lowest BCUT2D eigenvalue weighted by Gasteiger charge is -2.02. The minimum Gasteiger partial charge on any atom is -0.409 e. The number of aryl methyl sites for hydroxylation is 1. The summed E-state index contributed by atoms with van der Waals surface area (Å²) in [5, 5.41) is 11.8. The molecule has 0 fully saturated rings. The number of benzene rings is 1. The predicted molar refractivity (Wildman–Crippen MR) is 77.9 cm³/mol. The molecular weight excluding hydrogens is 252 g/mol. The molecule has 3 N–H and O–H groups in total. The van der Waals surface area contributed by atoms with E-state index in [0.29, 0.717) is 5.56 Å². The Bertz CT molecular complexity index is 790. The van der Waals surface area contributed by atoms with Crippen molar-refractivity contribution in [2.45, 2.75) is 6.92 Å². The summed E-state index contributed by atoms with van der Waals surface area (Å²) in [7, 11) is 0. The highest BCUT2D eigenvalue weighted by atomic mass is 16.4. The smallest absolute Gasteiger partial charge is 0.171 e. The van der Waals surface area contributed by atoms with E-state index in [9.17, 15) is 0 Å². The highest BCUT2D eigenvalue weighted by Crippen LogP contribution is 2.21. The highest BCUT2D eigenvalue weighted by molar-refractivity contribution is 5.97. The molecule has 3 aromatic rings. The van der Waals surface area contributed by atoms with Crippen LogP contribution in [-0.2, 0) is 0 Å². The number of amidine groups is 1. The van der Waals surface area contributed by atoms with E-state index in [0.717, 1.165) is 22.5 Å². The molecule has 0 unspecified atom stereocenters. The Balaban J connectivity index is 2.19. The molecule has 0 bridgehead atoms. The summed E-state index contributed by atoms with van der Waals surface area (Å²) in [5.41, 5.74) is 10.1. The molecule has 0 saturated heterocycles. The normalized spacial score (nSPS) is 11.9. The van der Waals surface area contributed by atoms with E-state index < -0.39 is 0 Å². The fourth-order valence-corrected chi connectivity index (χ4v) is 2.21. The summed E-state index contributed by atoms with van der Waals surface area (Å²) >= 11 is 0. The second kappa shape index (κ2) is 4.70. The van der Waals surface area contributed by atoms with Gasteiger partial charge in [-0.2, -0.15) is 0 Å². The second-order valence-electron chi connectivity index (χ2n) is 4.62. The highest BCUT2D eigenvalue weighted by Gasteiger charge is 2.09. The van der Waals surface area contributed by atoms with Crippen LogP contribution in [0.25, 0.3) is 16.9 Å². The maximum absolute atomic E-state index is 8.77. The van der Waals surface area contributed by atoms with Gasteiger partial charge in [-0.3, -0.25) is 0 Å². The molecule has 100 valence electrons. The molecule has 0 atom stereocenters. The van der Waals surface area contributed by atoms with Crippen molar-refractivity contribution in [2.75, 3.05) is 0 Å². The van der Waals surface area contributed by atoms with Crippen molar-refractivity contribution in [1.82, 2.24) is 9.38 Å². The van der Waals surface area contributed by atoms with Crippen molar-refractivity contribution in [1.29, 1.82) is 0 Å².